The predicted molar refractivity (Wildman–Crippen MR) is 80.8 cm³/mol. The van der Waals surface area contributed by atoms with Gasteiger partial charge < -0.3 is 15.6 Å². The molecule has 0 fully saturated rings. The molecular weight excluding hydrogens is 252 g/mol. The number of carbonyl (C=O) groups excluding carboxylic acids is 1. The van der Waals surface area contributed by atoms with Crippen LogP contribution in [-0.2, 0) is 11.3 Å². The number of imidazole rings is 1. The van der Waals surface area contributed by atoms with E-state index in [0.29, 0.717) is 13.0 Å². The minimum absolute atomic E-state index is 0.0217. The number of aromatic amines is 1. The van der Waals surface area contributed by atoms with Gasteiger partial charge in [-0.1, -0.05) is 13.0 Å². The molecule has 0 spiro atoms. The highest BCUT2D eigenvalue weighted by molar-refractivity contribution is 5.92. The minimum Gasteiger partial charge on any atom is -0.379 e. The Bertz CT molecular complexity index is 604. The van der Waals surface area contributed by atoms with E-state index >= 15 is 0 Å². The lowest BCUT2D eigenvalue weighted by Gasteiger charge is -2.13. The minimum atomic E-state index is 0.0217. The number of aryl methyl sites for hydroxylation is 1. The quantitative estimate of drug-likeness (QED) is 0.783. The van der Waals surface area contributed by atoms with Gasteiger partial charge in [-0.15, -0.1) is 0 Å². The smallest absolute Gasteiger partial charge is 0.224 e. The van der Waals surface area contributed by atoms with Crippen LogP contribution in [-0.4, -0.2) is 15.9 Å². The van der Waals surface area contributed by atoms with E-state index in [1.165, 1.54) is 0 Å². The summed E-state index contributed by atoms with van der Waals surface area (Å²) >= 11 is 0. The zero-order valence-corrected chi connectivity index (χ0v) is 12.1. The summed E-state index contributed by atoms with van der Waals surface area (Å²) in [5, 5.41) is 6.26. The summed E-state index contributed by atoms with van der Waals surface area (Å²) in [5.74, 6) is 0.0217. The molecule has 0 bridgehead atoms. The number of hydrogen-bond acceptors (Lipinski definition) is 3. The topological polar surface area (TPSA) is 69.8 Å². The van der Waals surface area contributed by atoms with E-state index in [4.69, 9.17) is 0 Å². The van der Waals surface area contributed by atoms with E-state index in [1.807, 2.05) is 39.0 Å². The van der Waals surface area contributed by atoms with Gasteiger partial charge in [0.25, 0.3) is 0 Å². The maximum absolute atomic E-state index is 11.5. The van der Waals surface area contributed by atoms with Crippen LogP contribution in [0.15, 0.2) is 24.5 Å². The van der Waals surface area contributed by atoms with Crippen molar-refractivity contribution in [3.63, 3.8) is 0 Å². The molecule has 1 aromatic heterocycles. The van der Waals surface area contributed by atoms with Gasteiger partial charge in [-0.3, -0.25) is 4.79 Å². The molecule has 1 heterocycles. The van der Waals surface area contributed by atoms with E-state index in [-0.39, 0.29) is 5.91 Å². The van der Waals surface area contributed by atoms with Crippen LogP contribution in [0, 0.1) is 13.8 Å². The summed E-state index contributed by atoms with van der Waals surface area (Å²) in [5.41, 5.74) is 4.93. The molecule has 3 N–H and O–H groups in total. The first-order chi connectivity index (χ1) is 9.61. The molecule has 0 aliphatic heterocycles. The fourth-order valence-electron chi connectivity index (χ4n) is 1.95. The van der Waals surface area contributed by atoms with Gasteiger partial charge in [-0.2, -0.15) is 0 Å². The van der Waals surface area contributed by atoms with Crippen LogP contribution in [0.2, 0.25) is 0 Å². The van der Waals surface area contributed by atoms with Crippen LogP contribution in [0.25, 0.3) is 0 Å². The molecule has 0 unspecified atom stereocenters. The van der Waals surface area contributed by atoms with Crippen molar-refractivity contribution in [3.05, 3.63) is 41.5 Å². The van der Waals surface area contributed by atoms with Crippen molar-refractivity contribution in [1.82, 2.24) is 9.97 Å². The van der Waals surface area contributed by atoms with Crippen molar-refractivity contribution < 1.29 is 4.79 Å². The Labute approximate surface area is 118 Å². The first kappa shape index (κ1) is 14.1. The van der Waals surface area contributed by atoms with Gasteiger partial charge in [0.05, 0.1) is 18.6 Å². The Morgan fingerprint density at radius 3 is 2.70 bits per heavy atom. The fraction of sp³-hybridized carbons (Fsp3) is 0.333. The van der Waals surface area contributed by atoms with Crippen molar-refractivity contribution >= 4 is 17.3 Å². The highest BCUT2D eigenvalue weighted by Gasteiger charge is 2.07. The standard InChI is InChI=1S/C15H20N4O/c1-4-15(20)19-13-7-5-6-12(10(13)2)16-8-14-11(3)17-9-18-14/h5-7,9,16H,4,8H2,1-3H3,(H,17,18)(H,19,20). The fourth-order valence-corrected chi connectivity index (χ4v) is 1.95. The number of nitrogens with zero attached hydrogens (tertiary/aromatic N) is 1. The summed E-state index contributed by atoms with van der Waals surface area (Å²) < 4.78 is 0. The monoisotopic (exact) mass is 272 g/mol. The number of anilines is 2. The van der Waals surface area contributed by atoms with Crippen LogP contribution >= 0.6 is 0 Å². The van der Waals surface area contributed by atoms with Crippen molar-refractivity contribution in [3.8, 4) is 0 Å². The van der Waals surface area contributed by atoms with Crippen molar-refractivity contribution in [1.29, 1.82) is 0 Å². The molecule has 0 aliphatic carbocycles. The van der Waals surface area contributed by atoms with Crippen molar-refractivity contribution in [2.45, 2.75) is 33.7 Å². The number of H-pyrrole nitrogens is 1. The van der Waals surface area contributed by atoms with Crippen LogP contribution in [0.1, 0.15) is 30.3 Å². The molecule has 20 heavy (non-hydrogen) atoms. The lowest BCUT2D eigenvalue weighted by Crippen LogP contribution is -2.11. The molecule has 0 radical (unpaired) electrons. The maximum atomic E-state index is 11.5. The number of carbonyl (C=O) groups is 1. The summed E-state index contributed by atoms with van der Waals surface area (Å²) in [7, 11) is 0. The number of nitrogens with one attached hydrogen (secondary N) is 3. The van der Waals surface area contributed by atoms with Gasteiger partial charge in [0.15, 0.2) is 0 Å². The van der Waals surface area contributed by atoms with Crippen molar-refractivity contribution in [2.24, 2.45) is 0 Å². The van der Waals surface area contributed by atoms with E-state index in [9.17, 15) is 4.79 Å². The Kier molecular flexibility index (Phi) is 4.40. The molecule has 2 aromatic rings. The van der Waals surface area contributed by atoms with E-state index in [2.05, 4.69) is 20.6 Å². The van der Waals surface area contributed by atoms with Gasteiger partial charge in [0.1, 0.15) is 0 Å². The Morgan fingerprint density at radius 1 is 1.30 bits per heavy atom. The largest absolute Gasteiger partial charge is 0.379 e. The van der Waals surface area contributed by atoms with Gasteiger partial charge in [0.2, 0.25) is 5.91 Å². The van der Waals surface area contributed by atoms with Crippen LogP contribution < -0.4 is 10.6 Å². The zero-order valence-electron chi connectivity index (χ0n) is 12.1. The second kappa shape index (κ2) is 6.23. The zero-order chi connectivity index (χ0) is 14.5. The molecule has 1 amide bonds. The first-order valence-electron chi connectivity index (χ1n) is 6.74. The molecule has 0 saturated carbocycles. The molecule has 5 nitrogen and oxygen atoms in total. The second-order valence-electron chi connectivity index (χ2n) is 4.71. The lowest BCUT2D eigenvalue weighted by atomic mass is 10.1. The highest BCUT2D eigenvalue weighted by Crippen LogP contribution is 2.24. The molecule has 0 aliphatic rings. The molecule has 106 valence electrons. The molecule has 2 rings (SSSR count). The number of hydrogen-bond donors (Lipinski definition) is 3. The highest BCUT2D eigenvalue weighted by atomic mass is 16.1. The summed E-state index contributed by atoms with van der Waals surface area (Å²) in [4.78, 5) is 18.8. The average molecular weight is 272 g/mol. The van der Waals surface area contributed by atoms with E-state index in [0.717, 1.165) is 28.3 Å². The Morgan fingerprint density at radius 2 is 2.05 bits per heavy atom. The normalized spacial score (nSPS) is 10.3. The van der Waals surface area contributed by atoms with Crippen molar-refractivity contribution in [2.75, 3.05) is 10.6 Å². The summed E-state index contributed by atoms with van der Waals surface area (Å²) in [6, 6.07) is 5.84. The SMILES string of the molecule is CCC(=O)Nc1cccc(NCc2nc[nH]c2C)c1C. The predicted octanol–water partition coefficient (Wildman–Crippen LogP) is 2.99. The molecule has 0 atom stereocenters. The van der Waals surface area contributed by atoms with E-state index in [1.54, 1.807) is 6.33 Å². The number of amides is 1. The maximum Gasteiger partial charge on any atom is 0.224 e. The molecular formula is C15H20N4O. The first-order valence-corrected chi connectivity index (χ1v) is 6.74. The second-order valence-corrected chi connectivity index (χ2v) is 4.71. The van der Waals surface area contributed by atoms with Crippen LogP contribution in [0.4, 0.5) is 11.4 Å². The number of benzene rings is 1. The van der Waals surface area contributed by atoms with Gasteiger partial charge in [0, 0.05) is 23.5 Å². The Balaban J connectivity index is 2.10. The van der Waals surface area contributed by atoms with Gasteiger partial charge in [-0.25, -0.2) is 4.98 Å². The molecule has 0 saturated heterocycles. The van der Waals surface area contributed by atoms with Gasteiger partial charge >= 0.3 is 0 Å². The van der Waals surface area contributed by atoms with Gasteiger partial charge in [-0.05, 0) is 31.5 Å². The number of aromatic nitrogens is 2. The van der Waals surface area contributed by atoms with E-state index < -0.39 is 0 Å². The summed E-state index contributed by atoms with van der Waals surface area (Å²) in [6.45, 7) is 6.48. The third-order valence-corrected chi connectivity index (χ3v) is 3.31. The molecule has 1 aromatic carbocycles. The van der Waals surface area contributed by atoms with Crippen LogP contribution in [0.3, 0.4) is 0 Å². The average Bonchev–Trinajstić information content (AvgIpc) is 2.85. The third kappa shape index (κ3) is 3.17. The number of rotatable bonds is 5. The Hall–Kier alpha value is -2.30. The molecule has 5 heteroatoms. The third-order valence-electron chi connectivity index (χ3n) is 3.31. The lowest BCUT2D eigenvalue weighted by molar-refractivity contribution is -0.115. The summed E-state index contributed by atoms with van der Waals surface area (Å²) in [6.07, 6.45) is 2.17. The van der Waals surface area contributed by atoms with Crippen LogP contribution in [0.5, 0.6) is 0 Å².